The topological polar surface area (TPSA) is 112 Å². The van der Waals surface area contributed by atoms with E-state index < -0.39 is 0 Å². The van der Waals surface area contributed by atoms with Crippen LogP contribution in [0.2, 0.25) is 0 Å². The minimum atomic E-state index is -0.0796. The second-order valence-electron chi connectivity index (χ2n) is 3.96. The van der Waals surface area contributed by atoms with Gasteiger partial charge in [0.2, 0.25) is 23.8 Å². The van der Waals surface area contributed by atoms with Crippen molar-refractivity contribution >= 4 is 23.8 Å². The predicted molar refractivity (Wildman–Crippen MR) is 69.1 cm³/mol. The molecule has 4 N–H and O–H groups in total. The molecule has 0 aliphatic heterocycles. The monoisotopic (exact) mass is 254 g/mol. The zero-order chi connectivity index (χ0) is 13.7. The summed E-state index contributed by atoms with van der Waals surface area (Å²) < 4.78 is 0. The van der Waals surface area contributed by atoms with Gasteiger partial charge in [0, 0.05) is 28.2 Å². The smallest absolute Gasteiger partial charge is 0.243 e. The molecule has 0 spiro atoms. The molecule has 0 atom stereocenters. The summed E-state index contributed by atoms with van der Waals surface area (Å²) in [4.78, 5) is 26.8. The maximum absolute atomic E-state index is 11.4. The van der Waals surface area contributed by atoms with E-state index in [0.717, 1.165) is 0 Å². The van der Waals surface area contributed by atoms with Crippen LogP contribution >= 0.6 is 0 Å². The Bertz CT molecular complexity index is 419. The number of nitrogens with two attached hydrogens (primary N) is 1. The Balaban J connectivity index is 2.81. The quantitative estimate of drug-likeness (QED) is 0.440. The molecule has 1 amide bonds. The van der Waals surface area contributed by atoms with Crippen molar-refractivity contribution in [1.82, 2.24) is 19.9 Å². The average molecular weight is 254 g/mol. The summed E-state index contributed by atoms with van der Waals surface area (Å²) in [5, 5.41) is 2.82. The zero-order valence-electron chi connectivity index (χ0n) is 10.9. The number of anilines is 3. The van der Waals surface area contributed by atoms with Crippen molar-refractivity contribution in [2.75, 3.05) is 50.4 Å². The van der Waals surface area contributed by atoms with Gasteiger partial charge in [0.1, 0.15) is 0 Å². The first-order valence-electron chi connectivity index (χ1n) is 5.28. The lowest BCUT2D eigenvalue weighted by Crippen LogP contribution is -2.29. The van der Waals surface area contributed by atoms with E-state index in [1.54, 1.807) is 33.1 Å². The van der Waals surface area contributed by atoms with Crippen LogP contribution in [-0.4, -0.2) is 60.5 Å². The number of carbonyl (C=O) groups excluding carboxylic acids is 1. The predicted octanol–water partition coefficient (Wildman–Crippen LogP) is -1.28. The lowest BCUT2D eigenvalue weighted by atomic mass is 10.5. The summed E-state index contributed by atoms with van der Waals surface area (Å²) in [6.45, 7) is 0.105. The number of carbonyl (C=O) groups is 1. The highest BCUT2D eigenvalue weighted by Crippen LogP contribution is 2.10. The normalized spacial score (nSPS) is 9.83. The van der Waals surface area contributed by atoms with Crippen molar-refractivity contribution in [3.05, 3.63) is 0 Å². The summed E-state index contributed by atoms with van der Waals surface area (Å²) >= 11 is 0. The SMILES string of the molecule is CN(C)C(=O)CNc1nc(NN)nc(N(C)C)n1. The number of nitrogens with zero attached hydrogens (tertiary/aromatic N) is 5. The lowest BCUT2D eigenvalue weighted by Gasteiger charge is -2.14. The molecule has 0 unspecified atom stereocenters. The number of likely N-dealkylation sites (N-methyl/N-ethyl adjacent to an activating group) is 1. The number of hydrogen-bond donors (Lipinski definition) is 3. The fraction of sp³-hybridized carbons (Fsp3) is 0.556. The van der Waals surface area contributed by atoms with Gasteiger partial charge in [-0.15, -0.1) is 0 Å². The van der Waals surface area contributed by atoms with Crippen LogP contribution in [-0.2, 0) is 4.79 Å². The molecule has 0 saturated heterocycles. The van der Waals surface area contributed by atoms with Gasteiger partial charge in [0.05, 0.1) is 6.54 Å². The maximum atomic E-state index is 11.4. The van der Waals surface area contributed by atoms with Gasteiger partial charge in [-0.25, -0.2) is 5.84 Å². The Morgan fingerprint density at radius 2 is 1.78 bits per heavy atom. The average Bonchev–Trinajstić information content (AvgIpc) is 2.35. The van der Waals surface area contributed by atoms with Crippen LogP contribution in [0.25, 0.3) is 0 Å². The molecule has 1 heterocycles. The first kappa shape index (κ1) is 13.9. The van der Waals surface area contributed by atoms with Crippen molar-refractivity contribution in [1.29, 1.82) is 0 Å². The van der Waals surface area contributed by atoms with E-state index in [1.807, 2.05) is 0 Å². The molecule has 9 nitrogen and oxygen atoms in total. The standard InChI is InChI=1S/C9H18N8O/c1-16(2)6(18)5-11-7-12-8(15-10)14-9(13-7)17(3)4/h5,10H2,1-4H3,(H2,11,12,13,14,15). The second-order valence-corrected chi connectivity index (χ2v) is 3.96. The largest absolute Gasteiger partial charge is 0.347 e. The molecule has 0 aliphatic carbocycles. The van der Waals surface area contributed by atoms with E-state index in [2.05, 4.69) is 25.7 Å². The maximum Gasteiger partial charge on any atom is 0.243 e. The molecule has 0 aromatic carbocycles. The molecule has 0 fully saturated rings. The number of nitrogen functional groups attached to an aromatic ring is 1. The van der Waals surface area contributed by atoms with Crippen molar-refractivity contribution in [3.63, 3.8) is 0 Å². The van der Waals surface area contributed by atoms with E-state index in [4.69, 9.17) is 5.84 Å². The highest BCUT2D eigenvalue weighted by atomic mass is 16.2. The molecule has 0 aliphatic rings. The number of hydrogen-bond acceptors (Lipinski definition) is 8. The van der Waals surface area contributed by atoms with Gasteiger partial charge in [-0.05, 0) is 0 Å². The third kappa shape index (κ3) is 3.70. The minimum absolute atomic E-state index is 0.0796. The number of hydrazine groups is 1. The highest BCUT2D eigenvalue weighted by Gasteiger charge is 2.09. The molecule has 1 rings (SSSR count). The molecule has 0 bridgehead atoms. The Hall–Kier alpha value is -2.16. The molecule has 1 aromatic heterocycles. The minimum Gasteiger partial charge on any atom is -0.347 e. The van der Waals surface area contributed by atoms with Crippen molar-refractivity contribution in [3.8, 4) is 0 Å². The molecule has 0 saturated carbocycles. The Morgan fingerprint density at radius 1 is 1.17 bits per heavy atom. The van der Waals surface area contributed by atoms with Gasteiger partial charge in [-0.3, -0.25) is 10.2 Å². The van der Waals surface area contributed by atoms with E-state index in [9.17, 15) is 4.79 Å². The third-order valence-electron chi connectivity index (χ3n) is 2.05. The zero-order valence-corrected chi connectivity index (χ0v) is 10.9. The number of amides is 1. The summed E-state index contributed by atoms with van der Waals surface area (Å²) in [6, 6.07) is 0. The Morgan fingerprint density at radius 3 is 2.28 bits per heavy atom. The summed E-state index contributed by atoms with van der Waals surface area (Å²) in [7, 11) is 6.94. The highest BCUT2D eigenvalue weighted by molar-refractivity contribution is 5.79. The molecule has 9 heteroatoms. The number of nitrogens with one attached hydrogen (secondary N) is 2. The van der Waals surface area contributed by atoms with E-state index >= 15 is 0 Å². The van der Waals surface area contributed by atoms with E-state index in [0.29, 0.717) is 5.95 Å². The Labute approximate surface area is 105 Å². The second kappa shape index (κ2) is 5.96. The first-order chi connectivity index (χ1) is 8.43. The van der Waals surface area contributed by atoms with E-state index in [1.165, 1.54) is 4.90 Å². The van der Waals surface area contributed by atoms with Crippen LogP contribution in [0.1, 0.15) is 0 Å². The fourth-order valence-electron chi connectivity index (χ4n) is 1.02. The van der Waals surface area contributed by atoms with E-state index in [-0.39, 0.29) is 24.3 Å². The fourth-order valence-corrected chi connectivity index (χ4v) is 1.02. The van der Waals surface area contributed by atoms with Crippen molar-refractivity contribution in [2.24, 2.45) is 5.84 Å². The summed E-state index contributed by atoms with van der Waals surface area (Å²) in [5.74, 6) is 6.15. The van der Waals surface area contributed by atoms with Gasteiger partial charge in [0.15, 0.2) is 0 Å². The summed E-state index contributed by atoms with van der Waals surface area (Å²) in [6.07, 6.45) is 0. The first-order valence-corrected chi connectivity index (χ1v) is 5.28. The third-order valence-corrected chi connectivity index (χ3v) is 2.05. The van der Waals surface area contributed by atoms with Crippen LogP contribution in [0.15, 0.2) is 0 Å². The van der Waals surface area contributed by atoms with Gasteiger partial charge >= 0.3 is 0 Å². The van der Waals surface area contributed by atoms with Crippen LogP contribution in [0.3, 0.4) is 0 Å². The van der Waals surface area contributed by atoms with Crippen molar-refractivity contribution < 1.29 is 4.79 Å². The van der Waals surface area contributed by atoms with Crippen LogP contribution < -0.4 is 21.5 Å². The lowest BCUT2D eigenvalue weighted by molar-refractivity contribution is -0.126. The van der Waals surface area contributed by atoms with Gasteiger partial charge in [-0.1, -0.05) is 0 Å². The number of rotatable bonds is 5. The van der Waals surface area contributed by atoms with Crippen LogP contribution in [0.5, 0.6) is 0 Å². The Kier molecular flexibility index (Phi) is 4.60. The molecule has 0 radical (unpaired) electrons. The van der Waals surface area contributed by atoms with Crippen molar-refractivity contribution in [2.45, 2.75) is 0 Å². The molecule has 100 valence electrons. The molecular weight excluding hydrogens is 236 g/mol. The van der Waals surface area contributed by atoms with Crippen LogP contribution in [0, 0.1) is 0 Å². The molecular formula is C9H18N8O. The van der Waals surface area contributed by atoms with Gasteiger partial charge in [0.25, 0.3) is 0 Å². The number of aromatic nitrogens is 3. The molecule has 1 aromatic rings. The van der Waals surface area contributed by atoms with Crippen LogP contribution in [0.4, 0.5) is 17.8 Å². The van der Waals surface area contributed by atoms with Gasteiger partial charge < -0.3 is 15.1 Å². The van der Waals surface area contributed by atoms with Gasteiger partial charge in [-0.2, -0.15) is 15.0 Å². The molecule has 18 heavy (non-hydrogen) atoms. The summed E-state index contributed by atoms with van der Waals surface area (Å²) in [5.41, 5.74) is 2.35.